The Hall–Kier alpha value is -2.22. The van der Waals surface area contributed by atoms with Gasteiger partial charge in [-0.05, 0) is 18.4 Å². The Morgan fingerprint density at radius 1 is 1.43 bits per heavy atom. The van der Waals surface area contributed by atoms with Gasteiger partial charge in [0.1, 0.15) is 0 Å². The van der Waals surface area contributed by atoms with Crippen LogP contribution in [0.4, 0.5) is 0 Å². The first-order valence-electron chi connectivity index (χ1n) is 7.48. The minimum absolute atomic E-state index is 0.0488. The maximum Gasteiger partial charge on any atom is 0.306 e. The van der Waals surface area contributed by atoms with Crippen molar-refractivity contribution in [1.82, 2.24) is 15.0 Å². The number of amides is 1. The summed E-state index contributed by atoms with van der Waals surface area (Å²) in [4.78, 5) is 30.2. The molecule has 7 nitrogen and oxygen atoms in total. The maximum atomic E-state index is 12.0. The highest BCUT2D eigenvalue weighted by Gasteiger charge is 2.35. The maximum absolute atomic E-state index is 12.0. The van der Waals surface area contributed by atoms with Gasteiger partial charge in [0, 0.05) is 19.5 Å². The molecule has 2 aromatic heterocycles. The zero-order chi connectivity index (χ0) is 16.2. The number of carbonyl (C=O) groups excluding carboxylic acids is 2. The van der Waals surface area contributed by atoms with E-state index >= 15 is 0 Å². The lowest BCUT2D eigenvalue weighted by Crippen LogP contribution is -2.48. The summed E-state index contributed by atoms with van der Waals surface area (Å²) in [5.41, 5.74) is 0. The molecular weight excluding hydrogens is 318 g/mol. The number of hydrogen-bond donors (Lipinski definition) is 0. The van der Waals surface area contributed by atoms with Crippen molar-refractivity contribution in [3.63, 3.8) is 0 Å². The third-order valence-electron chi connectivity index (χ3n) is 3.62. The summed E-state index contributed by atoms with van der Waals surface area (Å²) in [5, 5.41) is 5.93. The van der Waals surface area contributed by atoms with Gasteiger partial charge in [-0.25, -0.2) is 0 Å². The molecule has 0 spiro atoms. The average Bonchev–Trinajstić information content (AvgIpc) is 3.14. The summed E-state index contributed by atoms with van der Waals surface area (Å²) >= 11 is 1.55. The molecule has 3 heterocycles. The Morgan fingerprint density at radius 3 is 2.96 bits per heavy atom. The summed E-state index contributed by atoms with van der Waals surface area (Å²) < 4.78 is 10.1. The minimum Gasteiger partial charge on any atom is -0.466 e. The van der Waals surface area contributed by atoms with Crippen molar-refractivity contribution >= 4 is 23.2 Å². The van der Waals surface area contributed by atoms with Gasteiger partial charge in [0.2, 0.25) is 17.6 Å². The zero-order valence-electron chi connectivity index (χ0n) is 12.7. The van der Waals surface area contributed by atoms with Gasteiger partial charge in [-0.1, -0.05) is 11.2 Å². The molecule has 1 saturated heterocycles. The van der Waals surface area contributed by atoms with E-state index in [0.29, 0.717) is 31.4 Å². The molecule has 122 valence electrons. The molecule has 0 aromatic carbocycles. The van der Waals surface area contributed by atoms with Crippen LogP contribution in [0.15, 0.2) is 22.0 Å². The van der Waals surface area contributed by atoms with Crippen LogP contribution >= 0.6 is 11.3 Å². The molecular formula is C15H17N3O4S. The fraction of sp³-hybridized carbons (Fsp3) is 0.467. The van der Waals surface area contributed by atoms with E-state index in [1.807, 2.05) is 17.5 Å². The Morgan fingerprint density at radius 2 is 2.26 bits per heavy atom. The minimum atomic E-state index is -0.338. The number of rotatable bonds is 6. The summed E-state index contributed by atoms with van der Waals surface area (Å²) in [6.45, 7) is 3.18. The van der Waals surface area contributed by atoms with Crippen molar-refractivity contribution in [2.75, 3.05) is 19.7 Å². The van der Waals surface area contributed by atoms with Gasteiger partial charge in [0.25, 0.3) is 0 Å². The van der Waals surface area contributed by atoms with Gasteiger partial charge < -0.3 is 14.2 Å². The predicted molar refractivity (Wildman–Crippen MR) is 82.8 cm³/mol. The Labute approximate surface area is 137 Å². The monoisotopic (exact) mass is 335 g/mol. The van der Waals surface area contributed by atoms with E-state index in [-0.39, 0.29) is 30.6 Å². The first kappa shape index (κ1) is 15.7. The number of esters is 1. The molecule has 0 atom stereocenters. The Balaban J connectivity index is 1.47. The number of hydrogen-bond acceptors (Lipinski definition) is 7. The molecule has 0 aliphatic carbocycles. The van der Waals surface area contributed by atoms with E-state index in [4.69, 9.17) is 9.26 Å². The van der Waals surface area contributed by atoms with Crippen LogP contribution in [-0.2, 0) is 14.3 Å². The SMILES string of the molecule is CCOC(=O)CCC(=O)N1CC(c2nc(-c3cccs3)no2)C1. The van der Waals surface area contributed by atoms with Crippen LogP contribution in [0.2, 0.25) is 0 Å². The topological polar surface area (TPSA) is 85.5 Å². The van der Waals surface area contributed by atoms with Crippen molar-refractivity contribution in [3.05, 3.63) is 23.4 Å². The first-order chi connectivity index (χ1) is 11.2. The van der Waals surface area contributed by atoms with Crippen LogP contribution in [0.5, 0.6) is 0 Å². The summed E-state index contributed by atoms with van der Waals surface area (Å²) in [7, 11) is 0. The van der Waals surface area contributed by atoms with Gasteiger partial charge in [0.05, 0.1) is 23.8 Å². The molecule has 3 rings (SSSR count). The number of nitrogens with zero attached hydrogens (tertiary/aromatic N) is 3. The summed E-state index contributed by atoms with van der Waals surface area (Å²) in [6.07, 6.45) is 0.298. The van der Waals surface area contributed by atoms with E-state index in [1.54, 1.807) is 23.2 Å². The molecule has 0 radical (unpaired) electrons. The van der Waals surface area contributed by atoms with E-state index in [0.717, 1.165) is 4.88 Å². The molecule has 0 bridgehead atoms. The lowest BCUT2D eigenvalue weighted by molar-refractivity contribution is -0.146. The van der Waals surface area contributed by atoms with Gasteiger partial charge >= 0.3 is 5.97 Å². The molecule has 0 saturated carbocycles. The standard InChI is InChI=1S/C15H17N3O4S/c1-2-21-13(20)6-5-12(19)18-8-10(9-18)15-16-14(17-22-15)11-4-3-7-23-11/h3-4,7,10H,2,5-6,8-9H2,1H3. The normalized spacial score (nSPS) is 14.6. The Kier molecular flexibility index (Phi) is 4.71. The quantitative estimate of drug-likeness (QED) is 0.751. The molecule has 8 heteroatoms. The molecule has 2 aromatic rings. The fourth-order valence-corrected chi connectivity index (χ4v) is 2.99. The predicted octanol–water partition coefficient (Wildman–Crippen LogP) is 2.07. The van der Waals surface area contributed by atoms with Crippen molar-refractivity contribution in [2.45, 2.75) is 25.7 Å². The van der Waals surface area contributed by atoms with Crippen molar-refractivity contribution in [3.8, 4) is 10.7 Å². The fourth-order valence-electron chi connectivity index (χ4n) is 2.35. The number of ether oxygens (including phenoxy) is 1. The summed E-state index contributed by atoms with van der Waals surface area (Å²) in [5.74, 6) is 0.829. The van der Waals surface area contributed by atoms with Crippen molar-refractivity contribution in [1.29, 1.82) is 0 Å². The zero-order valence-corrected chi connectivity index (χ0v) is 13.5. The molecule has 0 unspecified atom stereocenters. The van der Waals surface area contributed by atoms with E-state index in [9.17, 15) is 9.59 Å². The van der Waals surface area contributed by atoms with Crippen molar-refractivity contribution in [2.24, 2.45) is 0 Å². The lowest BCUT2D eigenvalue weighted by atomic mass is 9.99. The second-order valence-electron chi connectivity index (χ2n) is 5.23. The van der Waals surface area contributed by atoms with Crippen LogP contribution in [0.1, 0.15) is 31.6 Å². The molecule has 0 N–H and O–H groups in total. The highest BCUT2D eigenvalue weighted by molar-refractivity contribution is 7.13. The second-order valence-corrected chi connectivity index (χ2v) is 6.18. The lowest BCUT2D eigenvalue weighted by Gasteiger charge is -2.37. The van der Waals surface area contributed by atoms with Gasteiger partial charge in [-0.3, -0.25) is 9.59 Å². The van der Waals surface area contributed by atoms with E-state index in [2.05, 4.69) is 10.1 Å². The average molecular weight is 335 g/mol. The number of carbonyl (C=O) groups is 2. The Bertz CT molecular complexity index is 677. The highest BCUT2D eigenvalue weighted by Crippen LogP contribution is 2.29. The van der Waals surface area contributed by atoms with E-state index < -0.39 is 0 Å². The largest absolute Gasteiger partial charge is 0.466 e. The van der Waals surface area contributed by atoms with Gasteiger partial charge in [-0.2, -0.15) is 4.98 Å². The molecule has 1 aliphatic heterocycles. The molecule has 1 fully saturated rings. The number of likely N-dealkylation sites (tertiary alicyclic amines) is 1. The molecule has 23 heavy (non-hydrogen) atoms. The van der Waals surface area contributed by atoms with Crippen LogP contribution < -0.4 is 0 Å². The second kappa shape index (κ2) is 6.91. The third-order valence-corrected chi connectivity index (χ3v) is 4.48. The van der Waals surface area contributed by atoms with Crippen LogP contribution in [0.25, 0.3) is 10.7 Å². The number of thiophene rings is 1. The third kappa shape index (κ3) is 3.58. The van der Waals surface area contributed by atoms with Crippen LogP contribution in [0.3, 0.4) is 0 Å². The first-order valence-corrected chi connectivity index (χ1v) is 8.36. The van der Waals surface area contributed by atoms with E-state index in [1.165, 1.54) is 0 Å². The van der Waals surface area contributed by atoms with Gasteiger partial charge in [0.15, 0.2) is 0 Å². The summed E-state index contributed by atoms with van der Waals surface area (Å²) in [6, 6.07) is 3.87. The van der Waals surface area contributed by atoms with Gasteiger partial charge in [-0.15, -0.1) is 11.3 Å². The highest BCUT2D eigenvalue weighted by atomic mass is 32.1. The van der Waals surface area contributed by atoms with Crippen molar-refractivity contribution < 1.29 is 18.8 Å². The van der Waals surface area contributed by atoms with Crippen LogP contribution in [0, 0.1) is 0 Å². The molecule has 1 amide bonds. The number of aromatic nitrogens is 2. The molecule has 1 aliphatic rings. The van der Waals surface area contributed by atoms with Crippen LogP contribution in [-0.4, -0.2) is 46.6 Å². The smallest absolute Gasteiger partial charge is 0.306 e.